The van der Waals surface area contributed by atoms with E-state index in [-0.39, 0.29) is 0 Å². The molecule has 4 aromatic rings. The van der Waals surface area contributed by atoms with Crippen LogP contribution in [0.25, 0.3) is 28.4 Å². The fraction of sp³-hybridized carbons (Fsp3) is 0.0909. The molecule has 0 fully saturated rings. The van der Waals surface area contributed by atoms with Gasteiger partial charge in [0.15, 0.2) is 11.4 Å². The Morgan fingerprint density at radius 2 is 1.69 bits per heavy atom. The van der Waals surface area contributed by atoms with Gasteiger partial charge in [0.2, 0.25) is 0 Å². The Bertz CT molecular complexity index is 1050. The summed E-state index contributed by atoms with van der Waals surface area (Å²) in [5, 5.41) is 2.16. The van der Waals surface area contributed by atoms with E-state index in [0.717, 1.165) is 10.7 Å². The number of thiazole rings is 1. The molecule has 4 heteroatoms. The second-order valence-corrected chi connectivity index (χ2v) is 7.15. The lowest BCUT2D eigenvalue weighted by atomic mass is 10.1. The first-order valence-corrected chi connectivity index (χ1v) is 9.39. The second kappa shape index (κ2) is 7.10. The third-order valence-corrected chi connectivity index (χ3v) is 5.13. The van der Waals surface area contributed by atoms with Gasteiger partial charge in [0.25, 0.3) is 0 Å². The van der Waals surface area contributed by atoms with E-state index >= 15 is 0 Å². The highest BCUT2D eigenvalue weighted by Crippen LogP contribution is 2.20. The van der Waals surface area contributed by atoms with E-state index in [2.05, 4.69) is 87.6 Å². The van der Waals surface area contributed by atoms with E-state index in [0.29, 0.717) is 0 Å². The van der Waals surface area contributed by atoms with Gasteiger partial charge in [-0.3, -0.25) is 0 Å². The maximum absolute atomic E-state index is 4.77. The Morgan fingerprint density at radius 1 is 0.923 bits per heavy atom. The van der Waals surface area contributed by atoms with Crippen molar-refractivity contribution >= 4 is 34.1 Å². The third kappa shape index (κ3) is 3.37. The molecule has 2 heterocycles. The molecular weight excluding hydrogens is 338 g/mol. The van der Waals surface area contributed by atoms with Crippen molar-refractivity contribution < 1.29 is 4.40 Å². The first-order chi connectivity index (χ1) is 12.7. The summed E-state index contributed by atoms with van der Waals surface area (Å²) < 4.78 is 2.14. The van der Waals surface area contributed by atoms with Gasteiger partial charge in [0.05, 0.1) is 0 Å². The molecule has 0 aliphatic carbocycles. The average Bonchev–Trinajstić information content (AvgIpc) is 3.10. The van der Waals surface area contributed by atoms with Crippen molar-refractivity contribution in [2.75, 3.05) is 19.0 Å². The molecule has 0 bridgehead atoms. The first kappa shape index (κ1) is 16.5. The summed E-state index contributed by atoms with van der Waals surface area (Å²) in [6.07, 6.45) is 6.26. The molecule has 0 spiro atoms. The minimum Gasteiger partial charge on any atom is -0.378 e. The maximum Gasteiger partial charge on any atom is 0.387 e. The van der Waals surface area contributed by atoms with Crippen molar-refractivity contribution in [3.63, 3.8) is 0 Å². The van der Waals surface area contributed by atoms with Crippen molar-refractivity contribution in [2.45, 2.75) is 0 Å². The van der Waals surface area contributed by atoms with Crippen LogP contribution in [0.4, 0.5) is 5.69 Å². The van der Waals surface area contributed by atoms with Crippen LogP contribution >= 0.6 is 11.3 Å². The summed E-state index contributed by atoms with van der Waals surface area (Å²) in [7, 11) is 4.10. The molecule has 0 N–H and O–H groups in total. The molecule has 2 aromatic heterocycles. The van der Waals surface area contributed by atoms with Gasteiger partial charge in [-0.1, -0.05) is 48.5 Å². The van der Waals surface area contributed by atoms with E-state index in [1.807, 2.05) is 20.2 Å². The van der Waals surface area contributed by atoms with Gasteiger partial charge in [-0.2, -0.15) is 4.40 Å². The topological polar surface area (TPSA) is 20.2 Å². The molecule has 3 nitrogen and oxygen atoms in total. The van der Waals surface area contributed by atoms with Crippen LogP contribution in [0.3, 0.4) is 0 Å². The number of rotatable bonds is 4. The van der Waals surface area contributed by atoms with Gasteiger partial charge in [-0.25, -0.2) is 0 Å². The van der Waals surface area contributed by atoms with Gasteiger partial charge < -0.3 is 4.90 Å². The molecule has 4 rings (SSSR count). The Balaban J connectivity index is 1.60. The Labute approximate surface area is 157 Å². The van der Waals surface area contributed by atoms with Gasteiger partial charge in [0.1, 0.15) is 6.20 Å². The number of fused-ring (bicyclic) bond motifs is 1. The highest BCUT2D eigenvalue weighted by atomic mass is 32.1. The number of anilines is 1. The standard InChI is InChI=1S/C22H20N3S/c1-24(2)20-12-9-17(10-13-20)8-11-19-14-15-25-21(16-26-22(25)23-19)18-6-4-3-5-7-18/h3-16H,1-2H3/q+1. The Kier molecular flexibility index (Phi) is 4.50. The number of hydrogen-bond donors (Lipinski definition) is 0. The molecule has 128 valence electrons. The van der Waals surface area contributed by atoms with Crippen LogP contribution in [0.5, 0.6) is 0 Å². The molecule has 0 aliphatic heterocycles. The SMILES string of the molecule is CN(C)c1ccc(/C=C/c2cc[n+]3c(-c4ccccc4)csc3n2)cc1. The van der Waals surface area contributed by atoms with Crippen LogP contribution in [-0.2, 0) is 0 Å². The molecule has 0 aliphatic rings. The maximum atomic E-state index is 4.77. The van der Waals surface area contributed by atoms with Crippen molar-refractivity contribution in [3.05, 3.63) is 83.5 Å². The Morgan fingerprint density at radius 3 is 2.42 bits per heavy atom. The molecule has 2 aromatic carbocycles. The average molecular weight is 358 g/mol. The number of nitrogens with zero attached hydrogens (tertiary/aromatic N) is 3. The van der Waals surface area contributed by atoms with Crippen molar-refractivity contribution in [1.29, 1.82) is 0 Å². The largest absolute Gasteiger partial charge is 0.387 e. The summed E-state index contributed by atoms with van der Waals surface area (Å²) in [5.74, 6) is 0. The smallest absolute Gasteiger partial charge is 0.378 e. The summed E-state index contributed by atoms with van der Waals surface area (Å²) in [6.45, 7) is 0. The first-order valence-electron chi connectivity index (χ1n) is 8.51. The normalized spacial score (nSPS) is 11.3. The predicted octanol–water partition coefficient (Wildman–Crippen LogP) is 4.79. The number of aromatic nitrogens is 2. The predicted molar refractivity (Wildman–Crippen MR) is 110 cm³/mol. The summed E-state index contributed by atoms with van der Waals surface area (Å²) >= 11 is 1.66. The van der Waals surface area contributed by atoms with Gasteiger partial charge in [-0.15, -0.1) is 0 Å². The molecule has 0 unspecified atom stereocenters. The van der Waals surface area contributed by atoms with Crippen molar-refractivity contribution in [3.8, 4) is 11.3 Å². The van der Waals surface area contributed by atoms with Crippen molar-refractivity contribution in [2.24, 2.45) is 0 Å². The fourth-order valence-electron chi connectivity index (χ4n) is 2.82. The lowest BCUT2D eigenvalue weighted by Crippen LogP contribution is -2.22. The fourth-order valence-corrected chi connectivity index (χ4v) is 3.72. The summed E-state index contributed by atoms with van der Waals surface area (Å²) in [5.41, 5.74) is 5.71. The van der Waals surface area contributed by atoms with Gasteiger partial charge in [0, 0.05) is 36.8 Å². The van der Waals surface area contributed by atoms with E-state index in [1.165, 1.54) is 22.5 Å². The molecule has 0 amide bonds. The van der Waals surface area contributed by atoms with Crippen LogP contribution < -0.4 is 9.30 Å². The number of benzene rings is 2. The van der Waals surface area contributed by atoms with Crippen LogP contribution in [0.2, 0.25) is 0 Å². The Hall–Kier alpha value is -2.98. The van der Waals surface area contributed by atoms with E-state index < -0.39 is 0 Å². The van der Waals surface area contributed by atoms with Gasteiger partial charge in [-0.05, 0) is 40.1 Å². The van der Waals surface area contributed by atoms with Gasteiger partial charge >= 0.3 is 4.96 Å². The lowest BCUT2D eigenvalue weighted by molar-refractivity contribution is -0.497. The van der Waals surface area contributed by atoms with Crippen LogP contribution in [0, 0.1) is 0 Å². The second-order valence-electron chi connectivity index (χ2n) is 6.31. The zero-order valence-electron chi connectivity index (χ0n) is 14.8. The third-order valence-electron chi connectivity index (χ3n) is 4.29. The minimum atomic E-state index is 0.961. The number of hydrogen-bond acceptors (Lipinski definition) is 3. The lowest BCUT2D eigenvalue weighted by Gasteiger charge is -2.11. The zero-order chi connectivity index (χ0) is 17.9. The highest BCUT2D eigenvalue weighted by Gasteiger charge is 2.14. The zero-order valence-corrected chi connectivity index (χ0v) is 15.6. The molecule has 0 saturated carbocycles. The molecule has 26 heavy (non-hydrogen) atoms. The van der Waals surface area contributed by atoms with E-state index in [9.17, 15) is 0 Å². The van der Waals surface area contributed by atoms with E-state index in [1.54, 1.807) is 11.3 Å². The molecule has 0 atom stereocenters. The van der Waals surface area contributed by atoms with Crippen LogP contribution in [0.1, 0.15) is 11.3 Å². The highest BCUT2D eigenvalue weighted by molar-refractivity contribution is 7.14. The minimum absolute atomic E-state index is 0.961. The van der Waals surface area contributed by atoms with Crippen molar-refractivity contribution in [1.82, 2.24) is 4.98 Å². The van der Waals surface area contributed by atoms with E-state index in [4.69, 9.17) is 4.98 Å². The summed E-state index contributed by atoms with van der Waals surface area (Å²) in [4.78, 5) is 7.86. The van der Waals surface area contributed by atoms with Crippen LogP contribution in [-0.4, -0.2) is 19.1 Å². The monoisotopic (exact) mass is 358 g/mol. The molecule has 0 radical (unpaired) electrons. The quantitative estimate of drug-likeness (QED) is 0.489. The molecular formula is C22H20N3S+. The van der Waals surface area contributed by atoms with Crippen LogP contribution in [0.15, 0.2) is 72.2 Å². The summed E-state index contributed by atoms with van der Waals surface area (Å²) in [6, 6.07) is 21.0. The molecule has 0 saturated heterocycles.